The molecule has 0 saturated carbocycles. The Morgan fingerprint density at radius 1 is 1.28 bits per heavy atom. The Morgan fingerprint density at radius 2 is 1.96 bits per heavy atom. The molecule has 1 aromatic carbocycles. The summed E-state index contributed by atoms with van der Waals surface area (Å²) in [6, 6.07) is 10.0. The lowest BCUT2D eigenvalue weighted by atomic mass is 9.93. The fourth-order valence-electron chi connectivity index (χ4n) is 3.23. The number of carbonyl (C=O) groups is 1. The molecule has 136 valence electrons. The summed E-state index contributed by atoms with van der Waals surface area (Å²) < 4.78 is 1.90. The van der Waals surface area contributed by atoms with Gasteiger partial charge < -0.3 is 10.4 Å². The molecule has 0 spiro atoms. The van der Waals surface area contributed by atoms with Crippen molar-refractivity contribution in [1.82, 2.24) is 15.1 Å². The monoisotopic (exact) mass is 343 g/mol. The van der Waals surface area contributed by atoms with Crippen LogP contribution in [0.4, 0.5) is 0 Å². The van der Waals surface area contributed by atoms with Crippen molar-refractivity contribution in [1.29, 1.82) is 0 Å². The molecule has 1 amide bonds. The first-order chi connectivity index (χ1) is 11.9. The van der Waals surface area contributed by atoms with Crippen LogP contribution >= 0.6 is 0 Å². The van der Waals surface area contributed by atoms with Crippen LogP contribution in [0.15, 0.2) is 30.3 Å². The van der Waals surface area contributed by atoms with Crippen molar-refractivity contribution in [3.8, 4) is 0 Å². The third-order valence-corrected chi connectivity index (χ3v) is 4.45. The highest BCUT2D eigenvalue weighted by Crippen LogP contribution is 2.21. The van der Waals surface area contributed by atoms with E-state index in [4.69, 9.17) is 0 Å². The second-order valence-electron chi connectivity index (χ2n) is 6.67. The van der Waals surface area contributed by atoms with E-state index in [1.807, 2.05) is 48.9 Å². The molecule has 5 heteroatoms. The molecule has 2 N–H and O–H groups in total. The molecular formula is C20H29N3O2. The van der Waals surface area contributed by atoms with E-state index in [1.54, 1.807) is 6.92 Å². The molecule has 0 aliphatic heterocycles. The number of rotatable bonds is 8. The van der Waals surface area contributed by atoms with Crippen LogP contribution in [-0.4, -0.2) is 33.4 Å². The van der Waals surface area contributed by atoms with E-state index in [0.717, 1.165) is 29.9 Å². The van der Waals surface area contributed by atoms with Crippen molar-refractivity contribution in [2.45, 2.75) is 59.1 Å². The van der Waals surface area contributed by atoms with Gasteiger partial charge in [0.15, 0.2) is 0 Å². The fourth-order valence-corrected chi connectivity index (χ4v) is 3.23. The molecule has 2 aromatic rings. The first-order valence-corrected chi connectivity index (χ1v) is 8.99. The molecule has 2 rings (SSSR count). The molecule has 1 heterocycles. The van der Waals surface area contributed by atoms with Gasteiger partial charge in [0.25, 0.3) is 5.91 Å². The van der Waals surface area contributed by atoms with Crippen LogP contribution < -0.4 is 5.32 Å². The summed E-state index contributed by atoms with van der Waals surface area (Å²) in [4.78, 5) is 12.7. The maximum atomic E-state index is 12.7. The maximum absolute atomic E-state index is 12.7. The van der Waals surface area contributed by atoms with Crippen LogP contribution in [-0.2, 0) is 6.54 Å². The van der Waals surface area contributed by atoms with Crippen molar-refractivity contribution >= 4 is 5.91 Å². The van der Waals surface area contributed by atoms with Gasteiger partial charge >= 0.3 is 0 Å². The summed E-state index contributed by atoms with van der Waals surface area (Å²) in [5, 5.41) is 17.3. The number of benzene rings is 1. The van der Waals surface area contributed by atoms with Gasteiger partial charge in [0.05, 0.1) is 17.4 Å². The first kappa shape index (κ1) is 19.2. The number of nitrogens with zero attached hydrogens (tertiary/aromatic N) is 2. The lowest BCUT2D eigenvalue weighted by molar-refractivity contribution is 0.0944. The number of aromatic nitrogens is 2. The number of aryl methyl sites for hydroxylation is 2. The molecule has 0 bridgehead atoms. The van der Waals surface area contributed by atoms with Crippen LogP contribution in [0.25, 0.3) is 0 Å². The zero-order valence-corrected chi connectivity index (χ0v) is 15.6. The smallest absolute Gasteiger partial charge is 0.255 e. The molecule has 0 radical (unpaired) electrons. The van der Waals surface area contributed by atoms with Gasteiger partial charge in [0.1, 0.15) is 0 Å². The van der Waals surface area contributed by atoms with Crippen molar-refractivity contribution in [3.63, 3.8) is 0 Å². The van der Waals surface area contributed by atoms with Crippen molar-refractivity contribution in [3.05, 3.63) is 52.8 Å². The zero-order chi connectivity index (χ0) is 18.4. The Hall–Kier alpha value is -2.14. The largest absolute Gasteiger partial charge is 0.393 e. The highest BCUT2D eigenvalue weighted by Gasteiger charge is 2.20. The number of hydrogen-bond acceptors (Lipinski definition) is 3. The maximum Gasteiger partial charge on any atom is 0.255 e. The summed E-state index contributed by atoms with van der Waals surface area (Å²) in [6.45, 7) is 8.99. The number of amides is 1. The summed E-state index contributed by atoms with van der Waals surface area (Å²) in [5.41, 5.74) is 3.45. The van der Waals surface area contributed by atoms with Crippen LogP contribution in [0.2, 0.25) is 0 Å². The normalized spacial score (nSPS) is 13.5. The Kier molecular flexibility index (Phi) is 6.76. The van der Waals surface area contributed by atoms with E-state index >= 15 is 0 Å². The van der Waals surface area contributed by atoms with E-state index in [2.05, 4.69) is 17.3 Å². The predicted molar refractivity (Wildman–Crippen MR) is 99.8 cm³/mol. The van der Waals surface area contributed by atoms with Crippen LogP contribution in [0.1, 0.15) is 59.9 Å². The minimum Gasteiger partial charge on any atom is -0.393 e. The van der Waals surface area contributed by atoms with Crippen LogP contribution in [0.5, 0.6) is 0 Å². The molecule has 0 aliphatic carbocycles. The van der Waals surface area contributed by atoms with Gasteiger partial charge in [-0.1, -0.05) is 37.3 Å². The number of aliphatic hydroxyl groups excluding tert-OH is 1. The van der Waals surface area contributed by atoms with Gasteiger partial charge in [0.2, 0.25) is 0 Å². The zero-order valence-electron chi connectivity index (χ0n) is 15.6. The quantitative estimate of drug-likeness (QED) is 0.773. The van der Waals surface area contributed by atoms with Gasteiger partial charge in [0, 0.05) is 24.7 Å². The van der Waals surface area contributed by atoms with Crippen molar-refractivity contribution in [2.75, 3.05) is 6.54 Å². The average Bonchev–Trinajstić information content (AvgIpc) is 2.86. The second kappa shape index (κ2) is 8.81. The van der Waals surface area contributed by atoms with E-state index in [-0.39, 0.29) is 11.8 Å². The number of hydrogen-bond donors (Lipinski definition) is 2. The summed E-state index contributed by atoms with van der Waals surface area (Å²) in [6.07, 6.45) is 1.17. The number of aliphatic hydroxyl groups is 1. The highest BCUT2D eigenvalue weighted by atomic mass is 16.3. The summed E-state index contributed by atoms with van der Waals surface area (Å²) >= 11 is 0. The molecule has 2 atom stereocenters. The number of nitrogens with one attached hydrogen (secondary N) is 1. The van der Waals surface area contributed by atoms with Gasteiger partial charge in [-0.15, -0.1) is 0 Å². The Bertz CT molecular complexity index is 692. The van der Waals surface area contributed by atoms with E-state index in [9.17, 15) is 9.90 Å². The Labute approximate surface area is 150 Å². The predicted octanol–water partition coefficient (Wildman–Crippen LogP) is 3.19. The minimum absolute atomic E-state index is 0.0800. The van der Waals surface area contributed by atoms with Crippen molar-refractivity contribution < 1.29 is 9.90 Å². The van der Waals surface area contributed by atoms with Gasteiger partial charge in [-0.2, -0.15) is 5.10 Å². The lowest BCUT2D eigenvalue weighted by Crippen LogP contribution is -2.30. The van der Waals surface area contributed by atoms with E-state index in [1.165, 1.54) is 0 Å². The second-order valence-corrected chi connectivity index (χ2v) is 6.67. The summed E-state index contributed by atoms with van der Waals surface area (Å²) in [5.74, 6) is -0.0136. The molecule has 0 saturated heterocycles. The molecule has 0 aliphatic rings. The van der Waals surface area contributed by atoms with Gasteiger partial charge in [-0.25, -0.2) is 0 Å². The van der Waals surface area contributed by atoms with Crippen LogP contribution in [0, 0.1) is 13.8 Å². The third-order valence-electron chi connectivity index (χ3n) is 4.45. The third kappa shape index (κ3) is 4.92. The summed E-state index contributed by atoms with van der Waals surface area (Å²) in [7, 11) is 0. The highest BCUT2D eigenvalue weighted by molar-refractivity contribution is 5.96. The van der Waals surface area contributed by atoms with E-state index in [0.29, 0.717) is 18.5 Å². The minimum atomic E-state index is -0.419. The topological polar surface area (TPSA) is 67.2 Å². The molecular weight excluding hydrogens is 314 g/mol. The van der Waals surface area contributed by atoms with E-state index < -0.39 is 6.10 Å². The SMILES string of the molecule is CCCn1nc(C)c(C(=O)NCC(CC(C)O)c2ccccc2)c1C. The van der Waals surface area contributed by atoms with Gasteiger partial charge in [-0.05, 0) is 39.2 Å². The molecule has 25 heavy (non-hydrogen) atoms. The average molecular weight is 343 g/mol. The molecule has 0 fully saturated rings. The molecule has 2 unspecified atom stereocenters. The Balaban J connectivity index is 2.11. The fraction of sp³-hybridized carbons (Fsp3) is 0.500. The standard InChI is InChI=1S/C20H29N3O2/c1-5-11-23-16(4)19(15(3)22-23)20(25)21-13-18(12-14(2)24)17-9-7-6-8-10-17/h6-10,14,18,24H,5,11-13H2,1-4H3,(H,21,25). The van der Waals surface area contributed by atoms with Gasteiger partial charge in [-0.3, -0.25) is 9.48 Å². The lowest BCUT2D eigenvalue weighted by Gasteiger charge is -2.19. The number of carbonyl (C=O) groups excluding carboxylic acids is 1. The van der Waals surface area contributed by atoms with Crippen LogP contribution in [0.3, 0.4) is 0 Å². The first-order valence-electron chi connectivity index (χ1n) is 8.99. The van der Waals surface area contributed by atoms with Crippen molar-refractivity contribution in [2.24, 2.45) is 0 Å². The molecule has 1 aromatic heterocycles. The molecule has 5 nitrogen and oxygen atoms in total. The Morgan fingerprint density at radius 3 is 2.56 bits per heavy atom.